The van der Waals surface area contributed by atoms with Crippen molar-refractivity contribution in [3.63, 3.8) is 0 Å². The molecule has 4 nitrogen and oxygen atoms in total. The quantitative estimate of drug-likeness (QED) is 0.292. The van der Waals surface area contributed by atoms with Crippen molar-refractivity contribution in [2.45, 2.75) is 6.42 Å². The van der Waals surface area contributed by atoms with E-state index in [4.69, 9.17) is 0 Å². The van der Waals surface area contributed by atoms with Crippen LogP contribution in [0.5, 0.6) is 0 Å². The summed E-state index contributed by atoms with van der Waals surface area (Å²) in [5.41, 5.74) is 0. The van der Waals surface area contributed by atoms with Crippen LogP contribution >= 0.6 is 0 Å². The second-order valence-electron chi connectivity index (χ2n) is 3.27. The van der Waals surface area contributed by atoms with Crippen molar-refractivity contribution in [2.75, 3.05) is 53.4 Å². The van der Waals surface area contributed by atoms with Crippen LogP contribution < -0.4 is 21.3 Å². The zero-order valence-corrected chi connectivity index (χ0v) is 9.95. The Balaban J connectivity index is 3.03. The minimum atomic E-state index is 0.778. The molecule has 0 aliphatic carbocycles. The summed E-state index contributed by atoms with van der Waals surface area (Å²) in [6.45, 7) is 5.62. The summed E-state index contributed by atoms with van der Waals surface area (Å²) in [5, 5.41) is 12.7. The molecule has 4 N–H and O–H groups in total. The Morgan fingerprint density at radius 1 is 0.733 bits per heavy atom. The third kappa shape index (κ3) is 13.4. The van der Waals surface area contributed by atoms with Gasteiger partial charge in [0.15, 0.2) is 0 Å². The molecule has 0 saturated heterocycles. The molecule has 0 aromatic rings. The molecule has 0 fully saturated rings. The van der Waals surface area contributed by atoms with E-state index in [1.807, 2.05) is 14.1 Å². The molecule has 0 unspecified atom stereocenters. The van der Waals surface area contributed by atoms with E-state index in [0.29, 0.717) is 0 Å². The maximum atomic E-state index is 3.27. The van der Waals surface area contributed by atoms with Gasteiger partial charge in [-0.3, -0.25) is 0 Å². The highest BCUT2D eigenvalue weighted by atomic mass is 14.9. The molecule has 0 atom stereocenters. The average Bonchev–Trinajstić information content (AvgIpc) is 2.26. The molecular weight excluding hydrogens is 188 g/mol. The van der Waals surface area contributed by atoms with E-state index in [2.05, 4.69) is 33.1 Å². The lowest BCUT2D eigenvalue weighted by atomic mass is 10.4. The molecule has 0 spiro atoms. The van der Waals surface area contributed by atoms with Gasteiger partial charge in [0.1, 0.15) is 0 Å². The van der Waals surface area contributed by atoms with Crippen LogP contribution in [0.2, 0.25) is 0 Å². The monoisotopic (exact) mass is 212 g/mol. The molecule has 0 amide bonds. The first-order valence-corrected chi connectivity index (χ1v) is 5.58. The molecule has 0 rings (SSSR count). The smallest absolute Gasteiger partial charge is 0.0577 e. The van der Waals surface area contributed by atoms with Gasteiger partial charge in [0.25, 0.3) is 0 Å². The van der Waals surface area contributed by atoms with Crippen LogP contribution in [0.3, 0.4) is 0 Å². The lowest BCUT2D eigenvalue weighted by Crippen LogP contribution is -2.25. The van der Waals surface area contributed by atoms with E-state index >= 15 is 0 Å². The van der Waals surface area contributed by atoms with E-state index < -0.39 is 0 Å². The Hall–Kier alpha value is -0.600. The molecule has 0 saturated carbocycles. The minimum absolute atomic E-state index is 0.778. The SMILES string of the molecule is CNCCCNCC#CCNCCNC. The maximum absolute atomic E-state index is 3.27. The Labute approximate surface area is 93.6 Å². The van der Waals surface area contributed by atoms with Crippen LogP contribution in [0.4, 0.5) is 0 Å². The molecule has 0 aliphatic rings. The maximum Gasteiger partial charge on any atom is 0.0577 e. The zero-order valence-electron chi connectivity index (χ0n) is 9.95. The van der Waals surface area contributed by atoms with Gasteiger partial charge >= 0.3 is 0 Å². The Morgan fingerprint density at radius 3 is 1.93 bits per heavy atom. The summed E-state index contributed by atoms with van der Waals surface area (Å²) in [5.74, 6) is 6.14. The fraction of sp³-hybridized carbons (Fsp3) is 0.818. The summed E-state index contributed by atoms with van der Waals surface area (Å²) in [4.78, 5) is 0. The van der Waals surface area contributed by atoms with Crippen molar-refractivity contribution in [1.29, 1.82) is 0 Å². The van der Waals surface area contributed by atoms with Crippen molar-refractivity contribution in [2.24, 2.45) is 0 Å². The first kappa shape index (κ1) is 14.4. The second-order valence-corrected chi connectivity index (χ2v) is 3.27. The Kier molecular flexibility index (Phi) is 12.9. The number of hydrogen-bond acceptors (Lipinski definition) is 4. The van der Waals surface area contributed by atoms with Gasteiger partial charge < -0.3 is 21.3 Å². The number of hydrogen-bond donors (Lipinski definition) is 4. The summed E-state index contributed by atoms with van der Waals surface area (Å²) in [6.07, 6.45) is 1.15. The van der Waals surface area contributed by atoms with Crippen LogP contribution in [-0.2, 0) is 0 Å². The molecule has 0 aromatic carbocycles. The van der Waals surface area contributed by atoms with Crippen LogP contribution in [0.1, 0.15) is 6.42 Å². The van der Waals surface area contributed by atoms with Gasteiger partial charge in [0.2, 0.25) is 0 Å². The summed E-state index contributed by atoms with van der Waals surface area (Å²) < 4.78 is 0. The molecule has 0 radical (unpaired) electrons. The molecule has 4 heteroatoms. The minimum Gasteiger partial charge on any atom is -0.320 e. The molecular formula is C11H24N4. The predicted molar refractivity (Wildman–Crippen MR) is 66.0 cm³/mol. The van der Waals surface area contributed by atoms with Gasteiger partial charge in [-0.15, -0.1) is 0 Å². The van der Waals surface area contributed by atoms with Crippen molar-refractivity contribution in [3.8, 4) is 11.8 Å². The standard InChI is InChI=1S/C11H24N4/c1-12-6-5-9-14-7-3-4-8-15-11-10-13-2/h12-15H,5-11H2,1-2H3. The van der Waals surface area contributed by atoms with E-state index in [1.165, 1.54) is 0 Å². The summed E-state index contributed by atoms with van der Waals surface area (Å²) >= 11 is 0. The Morgan fingerprint density at radius 2 is 1.33 bits per heavy atom. The Bertz CT molecular complexity index is 171. The predicted octanol–water partition coefficient (Wildman–Crippen LogP) is -1.00. The highest BCUT2D eigenvalue weighted by Gasteiger charge is 1.83. The molecule has 88 valence electrons. The topological polar surface area (TPSA) is 48.1 Å². The lowest BCUT2D eigenvalue weighted by Gasteiger charge is -1.99. The van der Waals surface area contributed by atoms with Gasteiger partial charge in [-0.2, -0.15) is 0 Å². The van der Waals surface area contributed by atoms with E-state index in [1.54, 1.807) is 0 Å². The number of nitrogens with one attached hydrogen (secondary N) is 4. The van der Waals surface area contributed by atoms with Crippen LogP contribution in [0, 0.1) is 11.8 Å². The van der Waals surface area contributed by atoms with E-state index in [9.17, 15) is 0 Å². The van der Waals surface area contributed by atoms with Crippen molar-refractivity contribution < 1.29 is 0 Å². The molecule has 0 bridgehead atoms. The van der Waals surface area contributed by atoms with Crippen LogP contribution in [-0.4, -0.2) is 53.4 Å². The third-order valence-corrected chi connectivity index (χ3v) is 1.88. The van der Waals surface area contributed by atoms with Crippen LogP contribution in [0.15, 0.2) is 0 Å². The normalized spacial score (nSPS) is 9.73. The third-order valence-electron chi connectivity index (χ3n) is 1.88. The highest BCUT2D eigenvalue weighted by molar-refractivity contribution is 5.02. The number of rotatable bonds is 9. The van der Waals surface area contributed by atoms with Gasteiger partial charge in [0, 0.05) is 13.1 Å². The molecule has 0 heterocycles. The summed E-state index contributed by atoms with van der Waals surface area (Å²) in [6, 6.07) is 0. The highest BCUT2D eigenvalue weighted by Crippen LogP contribution is 1.70. The van der Waals surface area contributed by atoms with E-state index in [-0.39, 0.29) is 0 Å². The van der Waals surface area contributed by atoms with Gasteiger partial charge in [-0.1, -0.05) is 11.8 Å². The van der Waals surface area contributed by atoms with Crippen LogP contribution in [0.25, 0.3) is 0 Å². The van der Waals surface area contributed by atoms with Crippen molar-refractivity contribution in [3.05, 3.63) is 0 Å². The second kappa shape index (κ2) is 13.4. The fourth-order valence-corrected chi connectivity index (χ4v) is 1.03. The number of likely N-dealkylation sites (N-methyl/N-ethyl adjacent to an activating group) is 1. The van der Waals surface area contributed by atoms with Gasteiger partial charge in [-0.25, -0.2) is 0 Å². The van der Waals surface area contributed by atoms with Gasteiger partial charge in [0.05, 0.1) is 13.1 Å². The molecule has 0 aromatic heterocycles. The lowest BCUT2D eigenvalue weighted by molar-refractivity contribution is 0.659. The van der Waals surface area contributed by atoms with Crippen molar-refractivity contribution >= 4 is 0 Å². The van der Waals surface area contributed by atoms with E-state index in [0.717, 1.165) is 45.7 Å². The average molecular weight is 212 g/mol. The largest absolute Gasteiger partial charge is 0.320 e. The first-order chi connectivity index (χ1) is 7.41. The summed E-state index contributed by atoms with van der Waals surface area (Å²) in [7, 11) is 3.92. The first-order valence-electron chi connectivity index (χ1n) is 5.58. The van der Waals surface area contributed by atoms with Gasteiger partial charge in [-0.05, 0) is 33.6 Å². The molecule has 0 aliphatic heterocycles. The fourth-order valence-electron chi connectivity index (χ4n) is 1.03. The van der Waals surface area contributed by atoms with Crippen molar-refractivity contribution in [1.82, 2.24) is 21.3 Å². The zero-order chi connectivity index (χ0) is 11.2. The molecule has 15 heavy (non-hydrogen) atoms.